The third kappa shape index (κ3) is 4.77. The van der Waals surface area contributed by atoms with Gasteiger partial charge in [-0.3, -0.25) is 0 Å². The summed E-state index contributed by atoms with van der Waals surface area (Å²) in [6.45, 7) is 3.72. The molecule has 0 heterocycles. The molecule has 0 bridgehead atoms. The Hall–Kier alpha value is -0.430. The van der Waals surface area contributed by atoms with Crippen LogP contribution in [0.15, 0.2) is 27.6 Å². The highest BCUT2D eigenvalue weighted by molar-refractivity contribution is 9.10. The van der Waals surface area contributed by atoms with Crippen molar-refractivity contribution in [1.29, 1.82) is 0 Å². The van der Waals surface area contributed by atoms with Crippen LogP contribution in [0, 0.1) is 0 Å². The monoisotopic (exact) mass is 374 g/mol. The third-order valence-corrected chi connectivity index (χ3v) is 6.23. The normalized spacial score (nSPS) is 16.5. The van der Waals surface area contributed by atoms with Crippen LogP contribution in [-0.4, -0.2) is 21.0 Å². The molecular formula is C15H23BrN2O2S. The molecule has 0 saturated heterocycles. The second-order valence-corrected chi connectivity index (χ2v) is 8.08. The SMILES string of the molecule is CCCNCc1ccc(Br)c(S(=O)(=O)NC2CCCC2)c1. The van der Waals surface area contributed by atoms with E-state index >= 15 is 0 Å². The van der Waals surface area contributed by atoms with E-state index in [0.717, 1.165) is 44.2 Å². The van der Waals surface area contributed by atoms with E-state index in [1.165, 1.54) is 0 Å². The first-order valence-corrected chi connectivity index (χ1v) is 9.82. The van der Waals surface area contributed by atoms with Crippen molar-refractivity contribution in [3.63, 3.8) is 0 Å². The molecule has 1 aromatic carbocycles. The van der Waals surface area contributed by atoms with Gasteiger partial charge in [0, 0.05) is 17.1 Å². The minimum atomic E-state index is -3.45. The topological polar surface area (TPSA) is 58.2 Å². The Labute approximate surface area is 135 Å². The number of hydrogen-bond donors (Lipinski definition) is 2. The minimum absolute atomic E-state index is 0.0868. The zero-order chi connectivity index (χ0) is 15.3. The zero-order valence-corrected chi connectivity index (χ0v) is 14.8. The fourth-order valence-corrected chi connectivity index (χ4v) is 4.92. The Morgan fingerprint density at radius 3 is 2.67 bits per heavy atom. The molecule has 0 amide bonds. The molecule has 4 nitrogen and oxygen atoms in total. The smallest absolute Gasteiger partial charge is 0.241 e. The van der Waals surface area contributed by atoms with Crippen LogP contribution in [0.5, 0.6) is 0 Å². The maximum absolute atomic E-state index is 12.5. The summed E-state index contributed by atoms with van der Waals surface area (Å²) in [5.41, 5.74) is 0.985. The minimum Gasteiger partial charge on any atom is -0.313 e. The van der Waals surface area contributed by atoms with Crippen molar-refractivity contribution in [3.8, 4) is 0 Å². The molecule has 0 spiro atoms. The molecule has 1 aromatic rings. The molecule has 1 aliphatic rings. The van der Waals surface area contributed by atoms with E-state index in [4.69, 9.17) is 0 Å². The Balaban J connectivity index is 2.14. The van der Waals surface area contributed by atoms with Crippen LogP contribution < -0.4 is 10.0 Å². The summed E-state index contributed by atoms with van der Waals surface area (Å²) in [5, 5.41) is 3.29. The summed E-state index contributed by atoms with van der Waals surface area (Å²) in [7, 11) is -3.45. The average molecular weight is 375 g/mol. The van der Waals surface area contributed by atoms with Gasteiger partial charge in [-0.25, -0.2) is 13.1 Å². The maximum atomic E-state index is 12.5. The highest BCUT2D eigenvalue weighted by Crippen LogP contribution is 2.26. The lowest BCUT2D eigenvalue weighted by Gasteiger charge is -2.14. The van der Waals surface area contributed by atoms with Crippen molar-refractivity contribution < 1.29 is 8.42 Å². The fraction of sp³-hybridized carbons (Fsp3) is 0.600. The lowest BCUT2D eigenvalue weighted by molar-refractivity contribution is 0.551. The first-order valence-electron chi connectivity index (χ1n) is 7.54. The summed E-state index contributed by atoms with van der Waals surface area (Å²) in [4.78, 5) is 0.338. The Bertz CT molecular complexity index is 569. The van der Waals surface area contributed by atoms with E-state index in [1.54, 1.807) is 6.07 Å². The lowest BCUT2D eigenvalue weighted by Crippen LogP contribution is -2.33. The van der Waals surface area contributed by atoms with E-state index in [2.05, 4.69) is 32.9 Å². The standard InChI is InChI=1S/C15H23BrN2O2S/c1-2-9-17-11-12-7-8-14(16)15(10-12)21(19,20)18-13-5-3-4-6-13/h7-8,10,13,17-18H,2-6,9,11H2,1H3. The van der Waals surface area contributed by atoms with Crippen LogP contribution in [0.2, 0.25) is 0 Å². The summed E-state index contributed by atoms with van der Waals surface area (Å²) in [6.07, 6.45) is 5.15. The summed E-state index contributed by atoms with van der Waals surface area (Å²) < 4.78 is 28.5. The predicted octanol–water partition coefficient (Wildman–Crippen LogP) is 3.17. The van der Waals surface area contributed by atoms with Gasteiger partial charge in [0.15, 0.2) is 0 Å². The van der Waals surface area contributed by atoms with E-state index in [0.29, 0.717) is 15.9 Å². The number of benzene rings is 1. The van der Waals surface area contributed by atoms with Gasteiger partial charge in [-0.1, -0.05) is 25.8 Å². The molecule has 6 heteroatoms. The maximum Gasteiger partial charge on any atom is 0.241 e. The average Bonchev–Trinajstić information content (AvgIpc) is 2.93. The van der Waals surface area contributed by atoms with E-state index in [-0.39, 0.29) is 6.04 Å². The van der Waals surface area contributed by atoms with Gasteiger partial charge in [-0.05, 0) is 59.4 Å². The molecule has 1 aliphatic carbocycles. The molecular weight excluding hydrogens is 352 g/mol. The van der Waals surface area contributed by atoms with E-state index in [1.807, 2.05) is 12.1 Å². The van der Waals surface area contributed by atoms with Gasteiger partial charge in [0.05, 0.1) is 4.90 Å². The van der Waals surface area contributed by atoms with Crippen LogP contribution in [0.4, 0.5) is 0 Å². The Morgan fingerprint density at radius 2 is 2.00 bits per heavy atom. The number of sulfonamides is 1. The molecule has 118 valence electrons. The van der Waals surface area contributed by atoms with Crippen LogP contribution in [0.3, 0.4) is 0 Å². The number of halogens is 1. The molecule has 21 heavy (non-hydrogen) atoms. The Morgan fingerprint density at radius 1 is 1.29 bits per heavy atom. The zero-order valence-electron chi connectivity index (χ0n) is 12.4. The van der Waals surface area contributed by atoms with Crippen molar-refractivity contribution in [2.45, 2.75) is 56.5 Å². The molecule has 2 rings (SSSR count). The quantitative estimate of drug-likeness (QED) is 0.720. The molecule has 0 radical (unpaired) electrons. The van der Waals surface area contributed by atoms with Gasteiger partial charge in [0.2, 0.25) is 10.0 Å². The molecule has 2 N–H and O–H groups in total. The highest BCUT2D eigenvalue weighted by atomic mass is 79.9. The first-order chi connectivity index (χ1) is 10.0. The molecule has 1 saturated carbocycles. The van der Waals surface area contributed by atoms with Gasteiger partial charge < -0.3 is 5.32 Å². The second-order valence-electron chi connectivity index (χ2n) is 5.54. The summed E-state index contributed by atoms with van der Waals surface area (Å²) >= 11 is 3.36. The summed E-state index contributed by atoms with van der Waals surface area (Å²) in [5.74, 6) is 0. The summed E-state index contributed by atoms with van der Waals surface area (Å²) in [6, 6.07) is 5.60. The van der Waals surface area contributed by atoms with Crippen molar-refractivity contribution in [1.82, 2.24) is 10.0 Å². The molecule has 0 unspecified atom stereocenters. The Kier molecular flexibility index (Phi) is 6.22. The molecule has 0 atom stereocenters. The molecule has 0 aromatic heterocycles. The van der Waals surface area contributed by atoms with Crippen LogP contribution >= 0.6 is 15.9 Å². The number of nitrogens with one attached hydrogen (secondary N) is 2. The van der Waals surface area contributed by atoms with Crippen molar-refractivity contribution in [2.75, 3.05) is 6.54 Å². The van der Waals surface area contributed by atoms with Crippen LogP contribution in [0.1, 0.15) is 44.6 Å². The van der Waals surface area contributed by atoms with Crippen LogP contribution in [-0.2, 0) is 16.6 Å². The van der Waals surface area contributed by atoms with Crippen LogP contribution in [0.25, 0.3) is 0 Å². The van der Waals surface area contributed by atoms with Gasteiger partial charge in [-0.2, -0.15) is 0 Å². The number of rotatable bonds is 7. The van der Waals surface area contributed by atoms with Gasteiger partial charge in [-0.15, -0.1) is 0 Å². The van der Waals surface area contributed by atoms with Crippen molar-refractivity contribution in [2.24, 2.45) is 0 Å². The predicted molar refractivity (Wildman–Crippen MR) is 88.7 cm³/mol. The van der Waals surface area contributed by atoms with Gasteiger partial charge >= 0.3 is 0 Å². The second kappa shape index (κ2) is 7.72. The van der Waals surface area contributed by atoms with Gasteiger partial charge in [0.25, 0.3) is 0 Å². The van der Waals surface area contributed by atoms with E-state index in [9.17, 15) is 8.42 Å². The number of hydrogen-bond acceptors (Lipinski definition) is 3. The lowest BCUT2D eigenvalue weighted by atomic mass is 10.2. The molecule has 1 fully saturated rings. The molecule has 0 aliphatic heterocycles. The first kappa shape index (κ1) is 16.9. The van der Waals surface area contributed by atoms with E-state index < -0.39 is 10.0 Å². The van der Waals surface area contributed by atoms with Crippen molar-refractivity contribution in [3.05, 3.63) is 28.2 Å². The van der Waals surface area contributed by atoms with Crippen molar-refractivity contribution >= 4 is 26.0 Å². The highest BCUT2D eigenvalue weighted by Gasteiger charge is 2.24. The van der Waals surface area contributed by atoms with Gasteiger partial charge in [0.1, 0.15) is 0 Å². The largest absolute Gasteiger partial charge is 0.313 e. The third-order valence-electron chi connectivity index (χ3n) is 3.72. The fourth-order valence-electron chi connectivity index (χ4n) is 2.60.